The van der Waals surface area contributed by atoms with Gasteiger partial charge in [0, 0.05) is 69.4 Å². The van der Waals surface area contributed by atoms with Crippen LogP contribution in [-0.2, 0) is 27.8 Å². The number of carbonyl (C=O) groups is 3. The molecule has 12 rings (SSSR count). The summed E-state index contributed by atoms with van der Waals surface area (Å²) in [5, 5.41) is 25.0. The zero-order valence-corrected chi connectivity index (χ0v) is 46.0. The van der Waals surface area contributed by atoms with Gasteiger partial charge in [0.2, 0.25) is 11.8 Å². The quantitative estimate of drug-likeness (QED) is 0.0949. The van der Waals surface area contributed by atoms with Crippen molar-refractivity contribution in [3.63, 3.8) is 0 Å². The smallest absolute Gasteiger partial charge is 0.409 e. The number of aromatic nitrogens is 5. The molecule has 80 heavy (non-hydrogen) atoms. The molecule has 6 aliphatic rings. The van der Waals surface area contributed by atoms with E-state index < -0.39 is 29.0 Å². The molecule has 20 heteroatoms. The van der Waals surface area contributed by atoms with Crippen molar-refractivity contribution in [1.29, 1.82) is 0 Å². The highest BCUT2D eigenvalue weighted by molar-refractivity contribution is 6.02. The van der Waals surface area contributed by atoms with Gasteiger partial charge >= 0.3 is 17.8 Å². The van der Waals surface area contributed by atoms with Crippen molar-refractivity contribution in [2.24, 2.45) is 18.4 Å². The first kappa shape index (κ1) is 53.9. The third-order valence-electron chi connectivity index (χ3n) is 18.9. The maximum absolute atomic E-state index is 17.3. The molecule has 0 aliphatic carbocycles. The lowest BCUT2D eigenvalue weighted by Gasteiger charge is -2.40. The number of halogens is 2. The summed E-state index contributed by atoms with van der Waals surface area (Å²) in [6, 6.07) is 11.3. The van der Waals surface area contributed by atoms with Gasteiger partial charge in [-0.25, -0.2) is 18.4 Å². The number of rotatable bonds is 13. The third kappa shape index (κ3) is 9.92. The van der Waals surface area contributed by atoms with E-state index in [9.17, 15) is 29.4 Å². The lowest BCUT2D eigenvalue weighted by Crippen LogP contribution is -2.48. The summed E-state index contributed by atoms with van der Waals surface area (Å²) in [6.45, 7) is 10.5. The molecule has 4 atom stereocenters. The molecule has 6 aliphatic heterocycles. The SMILES string of the molecule is CCc1c(F)ccc2cc(O)cc(-c3ncc4c(N5CCCC(C)(CO)C5)nc(OC[C@@]56CCCN5[C@H](COC(=O)N5CCC(CN7CCC(c8ccc9c(c8)n(C)c(=O)n9C8CCC(=O)NC8=O)CC7)CC5)CC6)nc4c3F)c12. The Balaban J connectivity index is 0.668. The van der Waals surface area contributed by atoms with Gasteiger partial charge in [-0.3, -0.25) is 33.9 Å². The summed E-state index contributed by atoms with van der Waals surface area (Å²) < 4.78 is 48.4. The Labute approximate surface area is 463 Å². The summed E-state index contributed by atoms with van der Waals surface area (Å²) >= 11 is 0. The largest absolute Gasteiger partial charge is 0.508 e. The van der Waals surface area contributed by atoms with E-state index in [1.807, 2.05) is 29.7 Å². The summed E-state index contributed by atoms with van der Waals surface area (Å²) in [6.07, 6.45) is 11.0. The van der Waals surface area contributed by atoms with Crippen molar-refractivity contribution in [3.8, 4) is 23.0 Å². The molecule has 0 saturated carbocycles. The molecule has 6 fully saturated rings. The molecule has 0 bridgehead atoms. The molecular weight excluding hydrogens is 1030 g/mol. The Morgan fingerprint density at radius 3 is 2.48 bits per heavy atom. The average Bonchev–Trinajstić information content (AvgIpc) is 4.07. The molecule has 6 saturated heterocycles. The van der Waals surface area contributed by atoms with Gasteiger partial charge < -0.3 is 34.4 Å². The van der Waals surface area contributed by atoms with E-state index >= 15 is 8.78 Å². The Morgan fingerprint density at radius 1 is 0.900 bits per heavy atom. The van der Waals surface area contributed by atoms with Crippen LogP contribution in [0.4, 0.5) is 19.4 Å². The Kier molecular flexibility index (Phi) is 14.5. The number of phenolic OH excluding ortho intramolecular Hbond substituents is 1. The maximum atomic E-state index is 17.3. The van der Waals surface area contributed by atoms with E-state index in [0.717, 1.165) is 95.9 Å². The molecule has 3 aromatic carbocycles. The van der Waals surface area contributed by atoms with Gasteiger partial charge in [0.1, 0.15) is 47.9 Å². The van der Waals surface area contributed by atoms with Crippen molar-refractivity contribution in [1.82, 2.24) is 44.1 Å². The fraction of sp³-hybridized carbons (Fsp3) is 0.550. The van der Waals surface area contributed by atoms with Crippen molar-refractivity contribution in [3.05, 3.63) is 81.9 Å². The van der Waals surface area contributed by atoms with Gasteiger partial charge in [0.25, 0.3) is 0 Å². The van der Waals surface area contributed by atoms with Crippen LogP contribution in [0, 0.1) is 23.0 Å². The van der Waals surface area contributed by atoms with E-state index in [1.54, 1.807) is 23.9 Å². The number of carbonyl (C=O) groups excluding carboxylic acids is 3. The number of likely N-dealkylation sites (tertiary alicyclic amines) is 2. The van der Waals surface area contributed by atoms with Crippen LogP contribution in [0.25, 0.3) is 44.0 Å². The number of ether oxygens (including phenoxy) is 2. The highest BCUT2D eigenvalue weighted by Crippen LogP contribution is 2.45. The van der Waals surface area contributed by atoms with Crippen molar-refractivity contribution >= 4 is 56.4 Å². The fourth-order valence-corrected chi connectivity index (χ4v) is 14.4. The monoisotopic (exact) mass is 1100 g/mol. The van der Waals surface area contributed by atoms with Gasteiger partial charge in [-0.15, -0.1) is 0 Å². The molecular formula is C60H72F2N10O8. The van der Waals surface area contributed by atoms with Crippen molar-refractivity contribution in [2.45, 2.75) is 121 Å². The lowest BCUT2D eigenvalue weighted by molar-refractivity contribution is -0.135. The van der Waals surface area contributed by atoms with Crippen LogP contribution >= 0.6 is 0 Å². The number of hydrogen-bond donors (Lipinski definition) is 3. The van der Waals surface area contributed by atoms with Gasteiger partial charge in [-0.1, -0.05) is 26.0 Å². The number of aliphatic hydroxyl groups is 1. The van der Waals surface area contributed by atoms with Crippen LogP contribution in [0.2, 0.25) is 0 Å². The predicted octanol–water partition coefficient (Wildman–Crippen LogP) is 7.73. The number of aliphatic hydroxyl groups excluding tert-OH is 1. The summed E-state index contributed by atoms with van der Waals surface area (Å²) in [5.41, 5.74) is 2.21. The van der Waals surface area contributed by atoms with Gasteiger partial charge in [-0.05, 0) is 161 Å². The first-order valence-corrected chi connectivity index (χ1v) is 28.9. The number of nitrogens with zero attached hydrogens (tertiary/aromatic N) is 9. The zero-order valence-electron chi connectivity index (χ0n) is 46.0. The predicted molar refractivity (Wildman–Crippen MR) is 298 cm³/mol. The number of imidazole rings is 1. The molecule has 6 aromatic rings. The molecule has 424 valence electrons. The van der Waals surface area contributed by atoms with Crippen molar-refractivity contribution in [2.75, 3.05) is 77.1 Å². The van der Waals surface area contributed by atoms with Crippen LogP contribution in [0.5, 0.6) is 11.8 Å². The van der Waals surface area contributed by atoms with E-state index in [4.69, 9.17) is 19.4 Å². The Morgan fingerprint density at radius 2 is 1.70 bits per heavy atom. The molecule has 0 spiro atoms. The number of benzene rings is 3. The molecule has 2 unspecified atom stereocenters. The number of aryl methyl sites for hydroxylation is 2. The number of pyridine rings is 1. The zero-order chi connectivity index (χ0) is 55.6. The highest BCUT2D eigenvalue weighted by Gasteiger charge is 2.50. The maximum Gasteiger partial charge on any atom is 0.409 e. The second-order valence-corrected chi connectivity index (χ2v) is 24.0. The number of amides is 3. The Hall–Kier alpha value is -6.77. The fourth-order valence-electron chi connectivity index (χ4n) is 14.4. The minimum Gasteiger partial charge on any atom is -0.508 e. The molecule has 18 nitrogen and oxygen atoms in total. The van der Waals surface area contributed by atoms with Crippen LogP contribution in [0.3, 0.4) is 0 Å². The average molecular weight is 1100 g/mol. The second-order valence-electron chi connectivity index (χ2n) is 24.0. The van der Waals surface area contributed by atoms with E-state index in [-0.39, 0.29) is 84.0 Å². The lowest BCUT2D eigenvalue weighted by atomic mass is 9.83. The topological polar surface area (TPSA) is 201 Å². The number of imide groups is 1. The third-order valence-corrected chi connectivity index (χ3v) is 18.9. The molecule has 3 N–H and O–H groups in total. The minimum atomic E-state index is -0.744. The summed E-state index contributed by atoms with van der Waals surface area (Å²) in [4.78, 5) is 74.6. The van der Waals surface area contributed by atoms with Gasteiger partial charge in [-0.2, -0.15) is 9.97 Å². The summed E-state index contributed by atoms with van der Waals surface area (Å²) in [7, 11) is 1.73. The molecule has 9 heterocycles. The van der Waals surface area contributed by atoms with Crippen molar-refractivity contribution < 1.29 is 42.9 Å². The highest BCUT2D eigenvalue weighted by atomic mass is 19.1. The number of hydrogen-bond acceptors (Lipinski definition) is 14. The molecule has 3 aromatic heterocycles. The van der Waals surface area contributed by atoms with Crippen LogP contribution < -0.4 is 20.6 Å². The number of nitrogens with one attached hydrogen (secondary N) is 1. The van der Waals surface area contributed by atoms with E-state index in [0.29, 0.717) is 83.9 Å². The number of aromatic hydroxyl groups is 1. The molecule has 3 amide bonds. The van der Waals surface area contributed by atoms with E-state index in [2.05, 4.69) is 32.2 Å². The minimum absolute atomic E-state index is 0.00971. The first-order valence-electron chi connectivity index (χ1n) is 28.9. The van der Waals surface area contributed by atoms with Gasteiger partial charge in [0.15, 0.2) is 5.82 Å². The number of fused-ring (bicyclic) bond motifs is 4. The van der Waals surface area contributed by atoms with E-state index in [1.165, 1.54) is 28.3 Å². The van der Waals surface area contributed by atoms with Crippen LogP contribution in [0.15, 0.2) is 53.5 Å². The Bertz CT molecular complexity index is 3470. The first-order chi connectivity index (χ1) is 38.6. The van der Waals surface area contributed by atoms with Crippen LogP contribution in [-0.4, -0.2) is 151 Å². The number of piperidine rings is 4. The standard InChI is InChI=1S/C60H72F2N10O8/c1-4-42-45(61)9-7-39-27-41(74)29-43(50(39)42)52-51(62)53-44(30-63-52)54(70-21-5-18-59(2,33-70)34-73)66-56(65-53)80-35-60-19-6-22-71(60)40(13-20-60)32-79-58(78)69-25-14-36(15-26-69)31-68-23-16-37(17-24-68)38-8-10-46-48(28-38)67(3)57(77)72(46)47-11-12-49(75)64-55(47)76/h7-10,27-30,36-37,40,47,73-74H,4-6,11-26,31-35H2,1-3H3,(H,64,75,76)/t40-,47?,59?,60-/m0/s1. The number of anilines is 1. The van der Waals surface area contributed by atoms with Crippen LogP contribution in [0.1, 0.15) is 114 Å². The second kappa shape index (κ2) is 21.6. The normalized spacial score (nSPS) is 24.6. The van der Waals surface area contributed by atoms with Gasteiger partial charge in [0.05, 0.1) is 28.6 Å². The summed E-state index contributed by atoms with van der Waals surface area (Å²) in [5.74, 6) is -0.740. The molecule has 0 radical (unpaired) electrons. The number of phenols is 1.